The fourth-order valence-corrected chi connectivity index (χ4v) is 3.43. The van der Waals surface area contributed by atoms with Crippen LogP contribution in [0.25, 0.3) is 5.82 Å². The summed E-state index contributed by atoms with van der Waals surface area (Å²) in [5.41, 5.74) is 3.23. The Bertz CT molecular complexity index is 859. The summed E-state index contributed by atoms with van der Waals surface area (Å²) >= 11 is 1.73. The second-order valence-electron chi connectivity index (χ2n) is 7.17. The highest BCUT2D eigenvalue weighted by atomic mass is 32.1. The highest BCUT2D eigenvalue weighted by molar-refractivity contribution is 7.09. The van der Waals surface area contributed by atoms with Crippen LogP contribution >= 0.6 is 11.3 Å². The summed E-state index contributed by atoms with van der Waals surface area (Å²) in [6, 6.07) is 2.02. The standard InChI is InChI=1S/C18H24N6S/c1-12-8-13(2)24(23-12)16-10-19-9-15(22-16)20-7-6-14-11-25-17(21-14)18(3,4)5/h8-11H,6-7H2,1-5H3,(H,20,22). The Kier molecular flexibility index (Phi) is 4.85. The van der Waals surface area contributed by atoms with Crippen molar-refractivity contribution in [1.29, 1.82) is 0 Å². The van der Waals surface area contributed by atoms with Crippen molar-refractivity contribution in [2.24, 2.45) is 0 Å². The van der Waals surface area contributed by atoms with Crippen LogP contribution in [0.3, 0.4) is 0 Å². The first-order valence-electron chi connectivity index (χ1n) is 8.37. The largest absolute Gasteiger partial charge is 0.368 e. The van der Waals surface area contributed by atoms with E-state index in [1.54, 1.807) is 23.7 Å². The minimum atomic E-state index is 0.107. The van der Waals surface area contributed by atoms with Crippen LogP contribution in [0.5, 0.6) is 0 Å². The molecule has 3 rings (SSSR count). The molecule has 0 saturated carbocycles. The molecule has 1 N–H and O–H groups in total. The number of nitrogens with zero attached hydrogens (tertiary/aromatic N) is 5. The molecular weight excluding hydrogens is 332 g/mol. The first-order valence-corrected chi connectivity index (χ1v) is 9.25. The number of aromatic nitrogens is 5. The van der Waals surface area contributed by atoms with Gasteiger partial charge in [-0.2, -0.15) is 5.10 Å². The van der Waals surface area contributed by atoms with Crippen molar-refractivity contribution in [2.45, 2.75) is 46.5 Å². The van der Waals surface area contributed by atoms with Crippen LogP contribution < -0.4 is 5.32 Å². The van der Waals surface area contributed by atoms with E-state index in [1.165, 1.54) is 5.01 Å². The molecule has 132 valence electrons. The van der Waals surface area contributed by atoms with Gasteiger partial charge in [-0.05, 0) is 19.9 Å². The summed E-state index contributed by atoms with van der Waals surface area (Å²) in [7, 11) is 0. The molecule has 0 bridgehead atoms. The molecule has 0 aliphatic carbocycles. The second kappa shape index (κ2) is 6.92. The van der Waals surface area contributed by atoms with Gasteiger partial charge in [0.1, 0.15) is 5.82 Å². The van der Waals surface area contributed by atoms with Crippen molar-refractivity contribution in [1.82, 2.24) is 24.7 Å². The quantitative estimate of drug-likeness (QED) is 0.755. The molecular formula is C18H24N6S. The monoisotopic (exact) mass is 356 g/mol. The molecule has 0 amide bonds. The lowest BCUT2D eigenvalue weighted by atomic mass is 9.98. The van der Waals surface area contributed by atoms with Gasteiger partial charge >= 0.3 is 0 Å². The van der Waals surface area contributed by atoms with Gasteiger partial charge in [-0.25, -0.2) is 14.6 Å². The van der Waals surface area contributed by atoms with Crippen molar-refractivity contribution in [3.8, 4) is 5.82 Å². The van der Waals surface area contributed by atoms with Gasteiger partial charge in [0.2, 0.25) is 0 Å². The molecule has 25 heavy (non-hydrogen) atoms. The summed E-state index contributed by atoms with van der Waals surface area (Å²) in [5, 5.41) is 11.1. The lowest BCUT2D eigenvalue weighted by molar-refractivity contribution is 0.583. The summed E-state index contributed by atoms with van der Waals surface area (Å²) in [6.45, 7) is 11.3. The third kappa shape index (κ3) is 4.22. The normalized spacial score (nSPS) is 11.7. The molecule has 7 heteroatoms. The molecule has 0 spiro atoms. The first kappa shape index (κ1) is 17.5. The van der Waals surface area contributed by atoms with Crippen LogP contribution in [0.1, 0.15) is 42.9 Å². The number of aryl methyl sites for hydroxylation is 2. The van der Waals surface area contributed by atoms with Gasteiger partial charge in [0.15, 0.2) is 5.82 Å². The smallest absolute Gasteiger partial charge is 0.174 e. The molecule has 3 aromatic rings. The molecule has 0 radical (unpaired) electrons. The Morgan fingerprint density at radius 1 is 1.16 bits per heavy atom. The molecule has 3 aromatic heterocycles. The van der Waals surface area contributed by atoms with E-state index in [1.807, 2.05) is 24.6 Å². The lowest BCUT2D eigenvalue weighted by Gasteiger charge is -2.13. The second-order valence-corrected chi connectivity index (χ2v) is 8.03. The number of hydrogen-bond acceptors (Lipinski definition) is 6. The Hall–Kier alpha value is -2.28. The van der Waals surface area contributed by atoms with Gasteiger partial charge in [-0.3, -0.25) is 4.98 Å². The van der Waals surface area contributed by atoms with E-state index in [9.17, 15) is 0 Å². The summed E-state index contributed by atoms with van der Waals surface area (Å²) < 4.78 is 1.81. The van der Waals surface area contributed by atoms with Gasteiger partial charge in [0.25, 0.3) is 0 Å². The number of thiazole rings is 1. The van der Waals surface area contributed by atoms with E-state index in [0.717, 1.165) is 41.7 Å². The first-order chi connectivity index (χ1) is 11.8. The van der Waals surface area contributed by atoms with Gasteiger partial charge in [-0.15, -0.1) is 11.3 Å². The van der Waals surface area contributed by atoms with Crippen molar-refractivity contribution in [3.05, 3.63) is 45.9 Å². The van der Waals surface area contributed by atoms with Crippen LogP contribution in [-0.2, 0) is 11.8 Å². The summed E-state index contributed by atoms with van der Waals surface area (Å²) in [6.07, 6.45) is 4.32. The fraction of sp³-hybridized carbons (Fsp3) is 0.444. The topological polar surface area (TPSA) is 68.5 Å². The van der Waals surface area contributed by atoms with E-state index in [0.29, 0.717) is 0 Å². The maximum absolute atomic E-state index is 4.72. The van der Waals surface area contributed by atoms with E-state index in [-0.39, 0.29) is 5.41 Å². The van der Waals surface area contributed by atoms with E-state index in [4.69, 9.17) is 4.98 Å². The number of hydrogen-bond donors (Lipinski definition) is 1. The molecule has 0 fully saturated rings. The van der Waals surface area contributed by atoms with E-state index < -0.39 is 0 Å². The van der Waals surface area contributed by atoms with Crippen molar-refractivity contribution >= 4 is 17.2 Å². The van der Waals surface area contributed by atoms with Crippen LogP contribution in [0, 0.1) is 13.8 Å². The minimum Gasteiger partial charge on any atom is -0.368 e. The maximum Gasteiger partial charge on any atom is 0.174 e. The number of rotatable bonds is 5. The summed E-state index contributed by atoms with van der Waals surface area (Å²) in [5.74, 6) is 1.47. The molecule has 0 unspecified atom stereocenters. The van der Waals surface area contributed by atoms with Crippen molar-refractivity contribution < 1.29 is 0 Å². The predicted molar refractivity (Wildman–Crippen MR) is 102 cm³/mol. The zero-order chi connectivity index (χ0) is 18.0. The predicted octanol–water partition coefficient (Wildman–Crippen LogP) is 3.69. The van der Waals surface area contributed by atoms with Gasteiger partial charge in [0.05, 0.1) is 28.8 Å². The van der Waals surface area contributed by atoms with Gasteiger partial charge in [-0.1, -0.05) is 20.8 Å². The molecule has 0 aliphatic rings. The van der Waals surface area contributed by atoms with Crippen LogP contribution in [0.4, 0.5) is 5.82 Å². The van der Waals surface area contributed by atoms with E-state index in [2.05, 4.69) is 46.5 Å². The van der Waals surface area contributed by atoms with Crippen LogP contribution in [0.15, 0.2) is 23.8 Å². The van der Waals surface area contributed by atoms with Crippen LogP contribution in [-0.4, -0.2) is 31.3 Å². The van der Waals surface area contributed by atoms with Gasteiger partial charge in [0, 0.05) is 29.5 Å². The van der Waals surface area contributed by atoms with Crippen molar-refractivity contribution in [2.75, 3.05) is 11.9 Å². The SMILES string of the molecule is Cc1cc(C)n(-c2cncc(NCCc3csc(C(C)(C)C)n3)n2)n1. The van der Waals surface area contributed by atoms with Gasteiger partial charge < -0.3 is 5.32 Å². The fourth-order valence-electron chi connectivity index (χ4n) is 2.49. The molecule has 6 nitrogen and oxygen atoms in total. The lowest BCUT2D eigenvalue weighted by Crippen LogP contribution is -2.12. The molecule has 3 heterocycles. The number of nitrogens with one attached hydrogen (secondary N) is 1. The highest BCUT2D eigenvalue weighted by Crippen LogP contribution is 2.25. The average Bonchev–Trinajstić information content (AvgIpc) is 3.14. The molecule has 0 atom stereocenters. The Balaban J connectivity index is 1.63. The van der Waals surface area contributed by atoms with E-state index >= 15 is 0 Å². The Morgan fingerprint density at radius 3 is 2.60 bits per heavy atom. The zero-order valence-electron chi connectivity index (χ0n) is 15.4. The Morgan fingerprint density at radius 2 is 1.96 bits per heavy atom. The van der Waals surface area contributed by atoms with Crippen LogP contribution in [0.2, 0.25) is 0 Å². The molecule has 0 aliphatic heterocycles. The summed E-state index contributed by atoms with van der Waals surface area (Å²) in [4.78, 5) is 13.6. The maximum atomic E-state index is 4.72. The number of anilines is 1. The average molecular weight is 356 g/mol. The highest BCUT2D eigenvalue weighted by Gasteiger charge is 2.17. The zero-order valence-corrected chi connectivity index (χ0v) is 16.2. The van der Waals surface area contributed by atoms with Crippen molar-refractivity contribution in [3.63, 3.8) is 0 Å². The third-order valence-corrected chi connectivity index (χ3v) is 5.05. The molecule has 0 aromatic carbocycles. The minimum absolute atomic E-state index is 0.107. The molecule has 0 saturated heterocycles. The Labute approximate surface area is 152 Å². The third-order valence-electron chi connectivity index (χ3n) is 3.73.